The number of phosphoric acid groups is 1. The molecule has 0 aliphatic carbocycles. The van der Waals surface area contributed by atoms with Crippen molar-refractivity contribution in [2.75, 3.05) is 40.9 Å². The Balaban J connectivity index is 5.15. The predicted molar refractivity (Wildman–Crippen MR) is 350 cm³/mol. The summed E-state index contributed by atoms with van der Waals surface area (Å²) in [5.74, 6) is -0.580. The highest BCUT2D eigenvalue weighted by Gasteiger charge is 2.30. The van der Waals surface area contributed by atoms with Gasteiger partial charge >= 0.3 is 13.8 Å². The standard InChI is InChI=1S/C71H123N2O7P/c1-7-10-13-16-19-22-25-27-29-31-32-33-34-35-36-37-38-39-40-42-43-45-48-51-54-57-60-63-70(74)72-68(67-79-81(76,77)78-66-65-73(4,5)6)69(62-59-56-53-50-47-24-21-18-15-12-9-3)80-71(75)64-61-58-55-52-49-46-44-41-30-28-26-23-20-17-14-11-8-2/h10,13,19-20,22-23,27-30,32-33,35-36,44,46,52,55,59,62,68-69H,7-9,11-12,14-18,21,24-26,31,34,37-43,45,47-51,53-54,56-58,60-61,63-67H2,1-6H3,(H-,72,74,76,77)/p+1/b13-10-,22-19-,23-20-,29-27-,30-28-,33-32-,36-35-,46-44-,55-52-,62-59-. The third kappa shape index (κ3) is 60.8. The molecule has 0 aromatic heterocycles. The van der Waals surface area contributed by atoms with Crippen molar-refractivity contribution in [3.05, 3.63) is 122 Å². The Morgan fingerprint density at radius 3 is 1.23 bits per heavy atom. The van der Waals surface area contributed by atoms with Crippen molar-refractivity contribution < 1.29 is 37.3 Å². The van der Waals surface area contributed by atoms with Crippen LogP contribution in [-0.4, -0.2) is 74.3 Å². The maximum atomic E-state index is 13.6. The van der Waals surface area contributed by atoms with E-state index in [1.807, 2.05) is 33.3 Å². The van der Waals surface area contributed by atoms with Gasteiger partial charge in [-0.15, -0.1) is 0 Å². The first-order valence-electron chi connectivity index (χ1n) is 32.9. The van der Waals surface area contributed by atoms with Crippen molar-refractivity contribution in [1.29, 1.82) is 0 Å². The Morgan fingerprint density at radius 1 is 0.444 bits per heavy atom. The summed E-state index contributed by atoms with van der Waals surface area (Å²) in [5, 5.41) is 3.04. The molecule has 0 aromatic rings. The largest absolute Gasteiger partial charge is 0.472 e. The van der Waals surface area contributed by atoms with Crippen molar-refractivity contribution in [3.63, 3.8) is 0 Å². The number of esters is 1. The van der Waals surface area contributed by atoms with Gasteiger partial charge in [0.25, 0.3) is 0 Å². The quantitative estimate of drug-likeness (QED) is 0.0205. The molecule has 3 unspecified atom stereocenters. The van der Waals surface area contributed by atoms with Gasteiger partial charge in [-0.3, -0.25) is 18.6 Å². The van der Waals surface area contributed by atoms with E-state index < -0.39 is 20.0 Å². The van der Waals surface area contributed by atoms with Crippen molar-refractivity contribution in [2.45, 2.75) is 277 Å². The fourth-order valence-electron chi connectivity index (χ4n) is 8.84. The number of nitrogens with one attached hydrogen (secondary N) is 1. The molecule has 0 radical (unpaired) electrons. The van der Waals surface area contributed by atoms with E-state index in [0.29, 0.717) is 23.9 Å². The van der Waals surface area contributed by atoms with E-state index in [1.165, 1.54) is 116 Å². The minimum Gasteiger partial charge on any atom is -0.456 e. The highest BCUT2D eigenvalue weighted by Crippen LogP contribution is 2.43. The van der Waals surface area contributed by atoms with E-state index in [2.05, 4.69) is 135 Å². The predicted octanol–water partition coefficient (Wildman–Crippen LogP) is 20.7. The van der Waals surface area contributed by atoms with Crippen molar-refractivity contribution in [1.82, 2.24) is 5.32 Å². The van der Waals surface area contributed by atoms with Gasteiger partial charge in [-0.1, -0.05) is 258 Å². The van der Waals surface area contributed by atoms with E-state index in [4.69, 9.17) is 13.8 Å². The fraction of sp³-hybridized carbons (Fsp3) is 0.690. The first-order chi connectivity index (χ1) is 39.4. The minimum absolute atomic E-state index is 0.0256. The lowest BCUT2D eigenvalue weighted by atomic mass is 10.0. The van der Waals surface area contributed by atoms with E-state index in [1.54, 1.807) is 0 Å². The van der Waals surface area contributed by atoms with Crippen LogP contribution in [0.25, 0.3) is 0 Å². The first kappa shape index (κ1) is 77.4. The van der Waals surface area contributed by atoms with E-state index in [9.17, 15) is 19.0 Å². The second kappa shape index (κ2) is 59.6. The SMILES string of the molecule is CC/C=C\C/C=C\C/C=C\C/C=C\C/C=C\CCCCCCCCCCCCCC(=O)NC(COP(=O)(O)OCC[N+](C)(C)C)C(/C=C\CCCCCCCCCCC)OC(=O)CCC/C=C\C/C=C\C/C=C\C/C=C\CCCCC. The molecule has 81 heavy (non-hydrogen) atoms. The average Bonchev–Trinajstić information content (AvgIpc) is 3.43. The van der Waals surface area contributed by atoms with E-state index in [0.717, 1.165) is 109 Å². The molecule has 0 spiro atoms. The molecular weight excluding hydrogens is 1020 g/mol. The number of allylic oxidation sites excluding steroid dienone is 19. The van der Waals surface area contributed by atoms with Crippen molar-refractivity contribution in [3.8, 4) is 0 Å². The van der Waals surface area contributed by atoms with Crippen molar-refractivity contribution >= 4 is 19.7 Å². The Bertz CT molecular complexity index is 1800. The molecule has 0 heterocycles. The number of nitrogens with zero attached hydrogens (tertiary/aromatic N) is 1. The average molecular weight is 1150 g/mol. The van der Waals surface area contributed by atoms with Crippen LogP contribution in [0.5, 0.6) is 0 Å². The van der Waals surface area contributed by atoms with Gasteiger partial charge in [0.15, 0.2) is 0 Å². The van der Waals surface area contributed by atoms with Crippen LogP contribution in [0, 0.1) is 0 Å². The zero-order valence-electron chi connectivity index (χ0n) is 53.0. The highest BCUT2D eigenvalue weighted by molar-refractivity contribution is 7.47. The van der Waals surface area contributed by atoms with Gasteiger partial charge in [-0.2, -0.15) is 0 Å². The molecule has 0 rings (SSSR count). The Labute approximate surface area is 499 Å². The molecule has 0 aliphatic rings. The number of amides is 1. The Morgan fingerprint density at radius 2 is 0.802 bits per heavy atom. The topological polar surface area (TPSA) is 111 Å². The van der Waals surface area contributed by atoms with Crippen LogP contribution in [0.15, 0.2) is 122 Å². The van der Waals surface area contributed by atoms with Crippen LogP contribution in [0.3, 0.4) is 0 Å². The molecule has 0 aliphatic heterocycles. The second-order valence-corrected chi connectivity index (χ2v) is 24.4. The van der Waals surface area contributed by atoms with Gasteiger partial charge in [0.05, 0.1) is 33.8 Å². The Kier molecular flexibility index (Phi) is 56.9. The lowest BCUT2D eigenvalue weighted by molar-refractivity contribution is -0.870. The van der Waals surface area contributed by atoms with Crippen LogP contribution in [0.1, 0.15) is 265 Å². The van der Waals surface area contributed by atoms with Crippen LogP contribution >= 0.6 is 7.82 Å². The number of hydrogen-bond acceptors (Lipinski definition) is 6. The van der Waals surface area contributed by atoms with E-state index >= 15 is 0 Å². The number of carbonyl (C=O) groups is 2. The van der Waals surface area contributed by atoms with Crippen LogP contribution in [0.4, 0.5) is 0 Å². The molecule has 0 saturated carbocycles. The molecule has 2 N–H and O–H groups in total. The van der Waals surface area contributed by atoms with Gasteiger partial charge in [-0.25, -0.2) is 4.57 Å². The Hall–Kier alpha value is -3.59. The summed E-state index contributed by atoms with van der Waals surface area (Å²) in [4.78, 5) is 37.7. The first-order valence-corrected chi connectivity index (χ1v) is 34.4. The third-order valence-corrected chi connectivity index (χ3v) is 14.9. The number of unbranched alkanes of at least 4 members (excludes halogenated alkanes) is 24. The normalized spacial score (nSPS) is 14.4. The summed E-state index contributed by atoms with van der Waals surface area (Å²) in [6.45, 7) is 6.82. The molecule has 1 amide bonds. The van der Waals surface area contributed by atoms with Crippen LogP contribution in [-0.2, 0) is 27.9 Å². The molecule has 10 heteroatoms. The number of hydrogen-bond donors (Lipinski definition) is 2. The molecule has 0 aromatic carbocycles. The van der Waals surface area contributed by atoms with Crippen LogP contribution in [0.2, 0.25) is 0 Å². The van der Waals surface area contributed by atoms with Gasteiger partial charge in [0.2, 0.25) is 5.91 Å². The summed E-state index contributed by atoms with van der Waals surface area (Å²) in [7, 11) is 1.45. The lowest BCUT2D eigenvalue weighted by Crippen LogP contribution is -2.47. The summed E-state index contributed by atoms with van der Waals surface area (Å²) < 4.78 is 30.7. The monoisotopic (exact) mass is 1150 g/mol. The van der Waals surface area contributed by atoms with Crippen LogP contribution < -0.4 is 5.32 Å². The number of rotatable bonds is 58. The highest BCUT2D eigenvalue weighted by atomic mass is 31.2. The molecule has 464 valence electrons. The molecule has 3 atom stereocenters. The van der Waals surface area contributed by atoms with Gasteiger partial charge < -0.3 is 19.4 Å². The van der Waals surface area contributed by atoms with Gasteiger partial charge in [0.1, 0.15) is 19.3 Å². The summed E-state index contributed by atoms with van der Waals surface area (Å²) in [6.07, 6.45) is 83.6. The second-order valence-electron chi connectivity index (χ2n) is 22.9. The summed E-state index contributed by atoms with van der Waals surface area (Å²) in [5.41, 5.74) is 0. The minimum atomic E-state index is -4.47. The fourth-order valence-corrected chi connectivity index (χ4v) is 9.58. The molecule has 0 fully saturated rings. The third-order valence-electron chi connectivity index (χ3n) is 13.9. The van der Waals surface area contributed by atoms with Gasteiger partial charge in [-0.05, 0) is 115 Å². The lowest BCUT2D eigenvalue weighted by Gasteiger charge is -2.27. The number of carbonyl (C=O) groups excluding carboxylic acids is 2. The molecular formula is C71H124N2O7P+. The zero-order valence-corrected chi connectivity index (χ0v) is 53.9. The van der Waals surface area contributed by atoms with Gasteiger partial charge in [0, 0.05) is 12.8 Å². The summed E-state index contributed by atoms with van der Waals surface area (Å²) >= 11 is 0. The number of likely N-dealkylation sites (N-methyl/N-ethyl adjacent to an activating group) is 1. The zero-order chi connectivity index (χ0) is 59.3. The number of quaternary nitrogens is 1. The molecule has 9 nitrogen and oxygen atoms in total. The number of ether oxygens (including phenoxy) is 1. The molecule has 0 saturated heterocycles. The maximum Gasteiger partial charge on any atom is 0.472 e. The van der Waals surface area contributed by atoms with Crippen molar-refractivity contribution in [2.24, 2.45) is 0 Å². The molecule has 0 bridgehead atoms. The van der Waals surface area contributed by atoms with E-state index in [-0.39, 0.29) is 31.5 Å². The summed E-state index contributed by atoms with van der Waals surface area (Å²) in [6, 6.07) is -0.880. The maximum absolute atomic E-state index is 13.6. The smallest absolute Gasteiger partial charge is 0.456 e. The number of phosphoric ester groups is 1.